The molecule has 108 valence electrons. The van der Waals surface area contributed by atoms with E-state index >= 15 is 0 Å². The first-order valence-electron chi connectivity index (χ1n) is 6.02. The molecular formula is C11H14N4O5. The summed E-state index contributed by atoms with van der Waals surface area (Å²) in [5, 5.41) is 32.8. The highest BCUT2D eigenvalue weighted by atomic mass is 16.6. The van der Waals surface area contributed by atoms with Crippen molar-refractivity contribution in [2.45, 2.75) is 24.5 Å². The molecule has 1 aliphatic heterocycles. The van der Waals surface area contributed by atoms with Gasteiger partial charge in [0.05, 0.1) is 12.8 Å². The lowest BCUT2D eigenvalue weighted by molar-refractivity contribution is -0.0526. The number of aliphatic hydroxyl groups is 3. The predicted molar refractivity (Wildman–Crippen MR) is 66.9 cm³/mol. The van der Waals surface area contributed by atoms with Crippen LogP contribution >= 0.6 is 0 Å². The van der Waals surface area contributed by atoms with Gasteiger partial charge in [0.1, 0.15) is 29.8 Å². The predicted octanol–water partition coefficient (Wildman–Crippen LogP) is -2.31. The van der Waals surface area contributed by atoms with Gasteiger partial charge in [-0.2, -0.15) is 5.10 Å². The minimum Gasteiger partial charge on any atom is -0.394 e. The first-order chi connectivity index (χ1) is 9.54. The topological polar surface area (TPSA) is 135 Å². The maximum Gasteiger partial charge on any atom is 0.258 e. The maximum atomic E-state index is 12.1. The highest BCUT2D eigenvalue weighted by Crippen LogP contribution is 2.29. The van der Waals surface area contributed by atoms with Crippen LogP contribution in [-0.2, 0) is 4.74 Å². The second kappa shape index (κ2) is 4.56. The molecule has 0 unspecified atom stereocenters. The van der Waals surface area contributed by atoms with Crippen molar-refractivity contribution in [2.24, 2.45) is 0 Å². The van der Waals surface area contributed by atoms with E-state index in [1.807, 2.05) is 0 Å². The van der Waals surface area contributed by atoms with E-state index in [-0.39, 0.29) is 5.82 Å². The highest BCUT2D eigenvalue weighted by Gasteiger charge is 2.44. The number of hydrogen-bond donors (Lipinski definition) is 4. The van der Waals surface area contributed by atoms with E-state index in [1.54, 1.807) is 0 Å². The molecule has 1 saturated heterocycles. The minimum absolute atomic E-state index is 0.151. The Balaban J connectivity index is 2.16. The van der Waals surface area contributed by atoms with Gasteiger partial charge in [-0.3, -0.25) is 9.36 Å². The van der Waals surface area contributed by atoms with Crippen LogP contribution < -0.4 is 11.3 Å². The molecule has 3 rings (SSSR count). The number of fused-ring (bicyclic) bond motifs is 1. The van der Waals surface area contributed by atoms with E-state index in [9.17, 15) is 15.0 Å². The van der Waals surface area contributed by atoms with Crippen molar-refractivity contribution in [1.29, 1.82) is 0 Å². The third kappa shape index (κ3) is 1.72. The molecule has 2 aromatic heterocycles. The van der Waals surface area contributed by atoms with Crippen LogP contribution in [0.1, 0.15) is 6.23 Å². The maximum absolute atomic E-state index is 12.1. The molecule has 4 atom stereocenters. The second-order valence-electron chi connectivity index (χ2n) is 4.61. The van der Waals surface area contributed by atoms with Gasteiger partial charge < -0.3 is 25.8 Å². The summed E-state index contributed by atoms with van der Waals surface area (Å²) in [6, 6.07) is 2.68. The number of nitrogens with zero attached hydrogens (tertiary/aromatic N) is 3. The monoisotopic (exact) mass is 282 g/mol. The molecule has 9 nitrogen and oxygen atoms in total. The van der Waals surface area contributed by atoms with E-state index in [1.165, 1.54) is 16.8 Å². The summed E-state index contributed by atoms with van der Waals surface area (Å²) in [5.74, 6) is 0.151. The number of aromatic nitrogens is 3. The van der Waals surface area contributed by atoms with Crippen molar-refractivity contribution in [1.82, 2.24) is 14.2 Å². The Bertz CT molecular complexity index is 696. The van der Waals surface area contributed by atoms with Crippen LogP contribution in [0.3, 0.4) is 0 Å². The van der Waals surface area contributed by atoms with Gasteiger partial charge in [0, 0.05) is 12.1 Å². The molecule has 3 heterocycles. The minimum atomic E-state index is -1.34. The lowest BCUT2D eigenvalue weighted by Gasteiger charge is -2.19. The fraction of sp³-hybridized carbons (Fsp3) is 0.455. The van der Waals surface area contributed by atoms with Crippen LogP contribution in [0.5, 0.6) is 0 Å². The molecule has 20 heavy (non-hydrogen) atoms. The number of hydrogen-bond acceptors (Lipinski definition) is 7. The van der Waals surface area contributed by atoms with Crippen molar-refractivity contribution in [3.05, 3.63) is 28.7 Å². The molecule has 0 amide bonds. The summed E-state index contributed by atoms with van der Waals surface area (Å²) in [6.45, 7) is -0.464. The standard InChI is InChI=1S/C11H14N4O5/c12-6-3-8(17)14(7-1-2-13-15(6)7)11-10(19)9(18)5(4-16)20-11/h1-3,5,9-11,16,18-19H,4,12H2/t5-,9-,10-,11-/m1/s1. The highest BCUT2D eigenvalue weighted by molar-refractivity contribution is 5.46. The molecule has 1 aliphatic rings. The van der Waals surface area contributed by atoms with Crippen LogP contribution in [0.2, 0.25) is 0 Å². The van der Waals surface area contributed by atoms with Gasteiger partial charge in [0.2, 0.25) is 0 Å². The fourth-order valence-electron chi connectivity index (χ4n) is 2.40. The largest absolute Gasteiger partial charge is 0.394 e. The fourth-order valence-corrected chi connectivity index (χ4v) is 2.40. The molecule has 1 fully saturated rings. The quantitative estimate of drug-likeness (QED) is 0.486. The van der Waals surface area contributed by atoms with Gasteiger partial charge in [0.25, 0.3) is 5.56 Å². The van der Waals surface area contributed by atoms with Gasteiger partial charge in [-0.05, 0) is 0 Å². The second-order valence-corrected chi connectivity index (χ2v) is 4.61. The van der Waals surface area contributed by atoms with Crippen molar-refractivity contribution in [3.63, 3.8) is 0 Å². The number of nitrogens with two attached hydrogens (primary N) is 1. The SMILES string of the molecule is Nc1cc(=O)n([C@@H]2O[C@H](CO)[C@@H](O)[C@H]2O)c2ccnn12. The Morgan fingerprint density at radius 2 is 2.15 bits per heavy atom. The Hall–Kier alpha value is -1.94. The van der Waals surface area contributed by atoms with Crippen LogP contribution in [0.4, 0.5) is 5.82 Å². The van der Waals surface area contributed by atoms with Crippen LogP contribution in [0.15, 0.2) is 23.1 Å². The van der Waals surface area contributed by atoms with Crippen LogP contribution in [-0.4, -0.2) is 54.4 Å². The third-order valence-corrected chi connectivity index (χ3v) is 3.39. The Morgan fingerprint density at radius 3 is 2.80 bits per heavy atom. The normalized spacial score (nSPS) is 30.1. The number of nitrogen functional groups attached to an aromatic ring is 1. The van der Waals surface area contributed by atoms with Gasteiger partial charge in [0.15, 0.2) is 6.23 Å². The van der Waals surface area contributed by atoms with Crippen molar-refractivity contribution >= 4 is 11.5 Å². The van der Waals surface area contributed by atoms with E-state index < -0.39 is 36.7 Å². The average molecular weight is 282 g/mol. The molecule has 9 heteroatoms. The van der Waals surface area contributed by atoms with Gasteiger partial charge in [-0.25, -0.2) is 4.52 Å². The van der Waals surface area contributed by atoms with E-state index in [0.717, 1.165) is 10.6 Å². The first-order valence-corrected chi connectivity index (χ1v) is 6.02. The summed E-state index contributed by atoms with van der Waals surface area (Å²) in [5.41, 5.74) is 5.51. The molecular weight excluding hydrogens is 268 g/mol. The molecule has 0 saturated carbocycles. The molecule has 0 aliphatic carbocycles. The van der Waals surface area contributed by atoms with Crippen molar-refractivity contribution in [2.75, 3.05) is 12.3 Å². The zero-order valence-electron chi connectivity index (χ0n) is 10.3. The van der Waals surface area contributed by atoms with E-state index in [4.69, 9.17) is 15.6 Å². The van der Waals surface area contributed by atoms with Gasteiger partial charge >= 0.3 is 0 Å². The summed E-state index contributed by atoms with van der Waals surface area (Å²) in [6.07, 6.45) is -3.25. The van der Waals surface area contributed by atoms with E-state index in [0.29, 0.717) is 5.65 Å². The van der Waals surface area contributed by atoms with Gasteiger partial charge in [-0.15, -0.1) is 0 Å². The summed E-state index contributed by atoms with van der Waals surface area (Å²) < 4.78 is 7.81. The number of aliphatic hydroxyl groups excluding tert-OH is 3. The van der Waals surface area contributed by atoms with E-state index in [2.05, 4.69) is 5.10 Å². The Labute approximate surface area is 112 Å². The zero-order chi connectivity index (χ0) is 14.4. The van der Waals surface area contributed by atoms with Gasteiger partial charge in [-0.1, -0.05) is 0 Å². The molecule has 0 bridgehead atoms. The lowest BCUT2D eigenvalue weighted by atomic mass is 10.1. The molecule has 0 aromatic carbocycles. The lowest BCUT2D eigenvalue weighted by Crippen LogP contribution is -2.36. The molecule has 2 aromatic rings. The molecule has 0 spiro atoms. The number of ether oxygens (including phenoxy) is 1. The van der Waals surface area contributed by atoms with Crippen LogP contribution in [0.25, 0.3) is 5.65 Å². The Kier molecular flexibility index (Phi) is 2.98. The van der Waals surface area contributed by atoms with Crippen molar-refractivity contribution in [3.8, 4) is 0 Å². The molecule has 5 N–H and O–H groups in total. The summed E-state index contributed by atoms with van der Waals surface area (Å²) in [4.78, 5) is 12.1. The third-order valence-electron chi connectivity index (χ3n) is 3.39. The summed E-state index contributed by atoms with van der Waals surface area (Å²) in [7, 11) is 0. The first kappa shape index (κ1) is 13.1. The molecule has 0 radical (unpaired) electrons. The number of rotatable bonds is 2. The smallest absolute Gasteiger partial charge is 0.258 e. The van der Waals surface area contributed by atoms with Crippen LogP contribution in [0, 0.1) is 0 Å². The Morgan fingerprint density at radius 1 is 1.40 bits per heavy atom. The summed E-state index contributed by atoms with van der Waals surface area (Å²) >= 11 is 0. The number of anilines is 1. The zero-order valence-corrected chi connectivity index (χ0v) is 10.3. The van der Waals surface area contributed by atoms with Crippen molar-refractivity contribution < 1.29 is 20.1 Å². The average Bonchev–Trinajstić information content (AvgIpc) is 2.99.